The van der Waals surface area contributed by atoms with Crippen LogP contribution in [-0.2, 0) is 13.0 Å². The number of amides is 1. The van der Waals surface area contributed by atoms with Gasteiger partial charge in [0.05, 0.1) is 19.8 Å². The van der Waals surface area contributed by atoms with E-state index in [0.717, 1.165) is 11.3 Å². The molecule has 2 aromatic carbocycles. The number of methoxy groups -OCH3 is 1. The summed E-state index contributed by atoms with van der Waals surface area (Å²) in [5.41, 5.74) is 2.97. The minimum absolute atomic E-state index is 0.0315. The molecular weight excluding hydrogens is 278 g/mol. The van der Waals surface area contributed by atoms with E-state index in [1.54, 1.807) is 36.3 Å². The number of hydrogen-bond donors (Lipinski definition) is 1. The van der Waals surface area contributed by atoms with E-state index in [4.69, 9.17) is 4.74 Å². The molecule has 0 radical (unpaired) electrons. The fourth-order valence-corrected chi connectivity index (χ4v) is 2.89. The van der Waals surface area contributed by atoms with Crippen LogP contribution < -0.4 is 4.74 Å². The molecule has 1 aliphatic rings. The molecule has 114 valence electrons. The highest BCUT2D eigenvalue weighted by Gasteiger charge is 2.29. The molecule has 0 bridgehead atoms. The molecule has 0 unspecified atom stereocenters. The second-order valence-corrected chi connectivity index (χ2v) is 5.47. The summed E-state index contributed by atoms with van der Waals surface area (Å²) in [4.78, 5) is 14.5. The van der Waals surface area contributed by atoms with Gasteiger partial charge in [-0.2, -0.15) is 0 Å². The zero-order chi connectivity index (χ0) is 15.5. The maximum Gasteiger partial charge on any atom is 0.254 e. The molecule has 0 aliphatic carbocycles. The van der Waals surface area contributed by atoms with Crippen molar-refractivity contribution in [1.82, 2.24) is 4.90 Å². The maximum atomic E-state index is 12.8. The Morgan fingerprint density at radius 3 is 2.50 bits per heavy atom. The van der Waals surface area contributed by atoms with E-state index in [9.17, 15) is 9.90 Å². The van der Waals surface area contributed by atoms with Gasteiger partial charge in [0.15, 0.2) is 0 Å². The molecule has 1 amide bonds. The van der Waals surface area contributed by atoms with Crippen molar-refractivity contribution >= 4 is 5.91 Å². The molecule has 0 spiro atoms. The molecule has 1 aliphatic heterocycles. The summed E-state index contributed by atoms with van der Waals surface area (Å²) in [5.74, 6) is 0.662. The number of benzene rings is 2. The fraction of sp³-hybridized carbons (Fsp3) is 0.278. The Labute approximate surface area is 130 Å². The first-order chi connectivity index (χ1) is 10.7. The number of carbonyl (C=O) groups is 1. The predicted octanol–water partition coefficient (Wildman–Crippen LogP) is 2.25. The Morgan fingerprint density at radius 1 is 1.18 bits per heavy atom. The lowest BCUT2D eigenvalue weighted by Crippen LogP contribution is -2.46. The molecule has 3 rings (SSSR count). The third-order valence-corrected chi connectivity index (χ3v) is 4.16. The van der Waals surface area contributed by atoms with Crippen molar-refractivity contribution in [3.8, 4) is 5.75 Å². The molecule has 0 saturated heterocycles. The standard InChI is InChI=1S/C18H19NO3/c1-22-17-8-6-13(7-9-17)18(21)19-11-15-5-3-2-4-14(15)10-16(19)12-20/h2-9,16,20H,10-12H2,1H3/t16-/m0/s1. The van der Waals surface area contributed by atoms with Gasteiger partial charge in [-0.05, 0) is 41.8 Å². The summed E-state index contributed by atoms with van der Waals surface area (Å²) in [6.45, 7) is 0.502. The Morgan fingerprint density at radius 2 is 1.86 bits per heavy atom. The van der Waals surface area contributed by atoms with E-state index in [1.807, 2.05) is 18.2 Å². The Balaban J connectivity index is 1.87. The number of fused-ring (bicyclic) bond motifs is 1. The predicted molar refractivity (Wildman–Crippen MR) is 83.9 cm³/mol. The lowest BCUT2D eigenvalue weighted by atomic mass is 9.93. The van der Waals surface area contributed by atoms with Crippen LogP contribution in [0.25, 0.3) is 0 Å². The van der Waals surface area contributed by atoms with Crippen molar-refractivity contribution in [2.45, 2.75) is 19.0 Å². The molecule has 0 aromatic heterocycles. The smallest absolute Gasteiger partial charge is 0.254 e. The Kier molecular flexibility index (Phi) is 4.11. The highest BCUT2D eigenvalue weighted by molar-refractivity contribution is 5.94. The van der Waals surface area contributed by atoms with Crippen LogP contribution in [0.15, 0.2) is 48.5 Å². The van der Waals surface area contributed by atoms with E-state index in [0.29, 0.717) is 18.5 Å². The number of nitrogens with zero attached hydrogens (tertiary/aromatic N) is 1. The first kappa shape index (κ1) is 14.6. The van der Waals surface area contributed by atoms with Crippen LogP contribution in [0.3, 0.4) is 0 Å². The highest BCUT2D eigenvalue weighted by atomic mass is 16.5. The molecule has 1 N–H and O–H groups in total. The van der Waals surface area contributed by atoms with Gasteiger partial charge in [0.2, 0.25) is 0 Å². The molecule has 1 heterocycles. The van der Waals surface area contributed by atoms with Gasteiger partial charge in [-0.15, -0.1) is 0 Å². The zero-order valence-electron chi connectivity index (χ0n) is 12.5. The van der Waals surface area contributed by atoms with Gasteiger partial charge in [0, 0.05) is 12.1 Å². The minimum Gasteiger partial charge on any atom is -0.497 e. The molecule has 0 saturated carbocycles. The van der Waals surface area contributed by atoms with Gasteiger partial charge in [-0.25, -0.2) is 0 Å². The highest BCUT2D eigenvalue weighted by Crippen LogP contribution is 2.25. The average molecular weight is 297 g/mol. The summed E-state index contributed by atoms with van der Waals surface area (Å²) >= 11 is 0. The number of aliphatic hydroxyl groups excluding tert-OH is 1. The van der Waals surface area contributed by atoms with E-state index < -0.39 is 0 Å². The topological polar surface area (TPSA) is 49.8 Å². The number of rotatable bonds is 3. The van der Waals surface area contributed by atoms with Gasteiger partial charge in [-0.3, -0.25) is 4.79 Å². The monoisotopic (exact) mass is 297 g/mol. The fourth-order valence-electron chi connectivity index (χ4n) is 2.89. The van der Waals surface area contributed by atoms with Crippen molar-refractivity contribution in [3.05, 3.63) is 65.2 Å². The van der Waals surface area contributed by atoms with Gasteiger partial charge in [0.25, 0.3) is 5.91 Å². The summed E-state index contributed by atoms with van der Waals surface area (Å²) in [7, 11) is 1.60. The van der Waals surface area contributed by atoms with Gasteiger partial charge >= 0.3 is 0 Å². The second-order valence-electron chi connectivity index (χ2n) is 5.47. The summed E-state index contributed by atoms with van der Waals surface area (Å²) < 4.78 is 5.12. The molecule has 22 heavy (non-hydrogen) atoms. The first-order valence-electron chi connectivity index (χ1n) is 7.35. The van der Waals surface area contributed by atoms with Crippen LogP contribution in [0.5, 0.6) is 5.75 Å². The van der Waals surface area contributed by atoms with Crippen molar-refractivity contribution in [2.24, 2.45) is 0 Å². The largest absolute Gasteiger partial charge is 0.497 e. The van der Waals surface area contributed by atoms with Crippen LogP contribution in [-0.4, -0.2) is 35.7 Å². The third kappa shape index (κ3) is 2.70. The number of hydrogen-bond acceptors (Lipinski definition) is 3. The second kappa shape index (κ2) is 6.20. The summed E-state index contributed by atoms with van der Waals surface area (Å²) in [5, 5.41) is 9.65. The van der Waals surface area contributed by atoms with Crippen LogP contribution >= 0.6 is 0 Å². The Hall–Kier alpha value is -2.33. The molecule has 4 nitrogen and oxygen atoms in total. The van der Waals surface area contributed by atoms with Crippen molar-refractivity contribution in [1.29, 1.82) is 0 Å². The van der Waals surface area contributed by atoms with E-state index >= 15 is 0 Å². The SMILES string of the molecule is COc1ccc(C(=O)N2Cc3ccccc3C[C@H]2CO)cc1. The maximum absolute atomic E-state index is 12.8. The first-order valence-corrected chi connectivity index (χ1v) is 7.35. The lowest BCUT2D eigenvalue weighted by Gasteiger charge is -2.36. The van der Waals surface area contributed by atoms with Gasteiger partial charge in [0.1, 0.15) is 5.75 Å². The zero-order valence-corrected chi connectivity index (χ0v) is 12.5. The molecule has 4 heteroatoms. The van der Waals surface area contributed by atoms with Crippen LogP contribution in [0, 0.1) is 0 Å². The molecule has 2 aromatic rings. The Bertz CT molecular complexity index is 666. The van der Waals surface area contributed by atoms with Gasteiger partial charge < -0.3 is 14.7 Å². The summed E-state index contributed by atoms with van der Waals surface area (Å²) in [6.07, 6.45) is 0.689. The van der Waals surface area contributed by atoms with E-state index in [1.165, 1.54) is 5.56 Å². The van der Waals surface area contributed by atoms with Crippen LogP contribution in [0.1, 0.15) is 21.5 Å². The summed E-state index contributed by atoms with van der Waals surface area (Å²) in [6, 6.07) is 15.0. The van der Waals surface area contributed by atoms with Gasteiger partial charge in [-0.1, -0.05) is 24.3 Å². The molecule has 0 fully saturated rings. The number of ether oxygens (including phenoxy) is 1. The van der Waals surface area contributed by atoms with Crippen LogP contribution in [0.4, 0.5) is 0 Å². The third-order valence-electron chi connectivity index (χ3n) is 4.16. The quantitative estimate of drug-likeness (QED) is 0.945. The average Bonchev–Trinajstić information content (AvgIpc) is 2.60. The van der Waals surface area contributed by atoms with E-state index in [2.05, 4.69) is 6.07 Å². The minimum atomic E-state index is -0.176. The normalized spacial score (nSPS) is 17.0. The van der Waals surface area contributed by atoms with Crippen molar-refractivity contribution in [3.63, 3.8) is 0 Å². The van der Waals surface area contributed by atoms with Crippen LogP contribution in [0.2, 0.25) is 0 Å². The number of carbonyl (C=O) groups excluding carboxylic acids is 1. The van der Waals surface area contributed by atoms with Crippen molar-refractivity contribution < 1.29 is 14.6 Å². The van der Waals surface area contributed by atoms with Crippen molar-refractivity contribution in [2.75, 3.05) is 13.7 Å². The lowest BCUT2D eigenvalue weighted by molar-refractivity contribution is 0.0544. The number of aliphatic hydroxyl groups is 1. The molecule has 1 atom stereocenters. The van der Waals surface area contributed by atoms with E-state index in [-0.39, 0.29) is 18.6 Å². The molecular formula is C18H19NO3.